The molecule has 4 fully saturated rings. The first-order valence-electron chi connectivity index (χ1n) is 9.39. The van der Waals surface area contributed by atoms with Crippen molar-refractivity contribution in [1.29, 1.82) is 0 Å². The molecule has 0 heterocycles. The summed E-state index contributed by atoms with van der Waals surface area (Å²) in [6, 6.07) is 0. The topological polar surface area (TPSA) is 34.1 Å². The van der Waals surface area contributed by atoms with E-state index in [0.717, 1.165) is 12.8 Å². The average molecular weight is 460 g/mol. The van der Waals surface area contributed by atoms with E-state index in [1.54, 1.807) is 0 Å². The van der Waals surface area contributed by atoms with Crippen LogP contribution in [-0.4, -0.2) is 37.8 Å². The Labute approximate surface area is 157 Å². The number of rotatable bonds is 3. The van der Waals surface area contributed by atoms with E-state index in [1.165, 1.54) is 12.8 Å². The van der Waals surface area contributed by atoms with E-state index in [1.807, 2.05) is 0 Å². The summed E-state index contributed by atoms with van der Waals surface area (Å²) in [6.07, 6.45) is 4.62. The van der Waals surface area contributed by atoms with Crippen LogP contribution in [0.5, 0.6) is 0 Å². The van der Waals surface area contributed by atoms with Crippen LogP contribution < -0.4 is 0 Å². The van der Waals surface area contributed by atoms with Crippen LogP contribution in [0.15, 0.2) is 0 Å². The van der Waals surface area contributed by atoms with Gasteiger partial charge in [0.1, 0.15) is 0 Å². The number of carbonyl (C=O) groups is 2. The van der Waals surface area contributed by atoms with Gasteiger partial charge >= 0.3 is 158 Å². The van der Waals surface area contributed by atoms with E-state index in [0.29, 0.717) is 59.3 Å². The molecule has 4 heteroatoms. The minimum absolute atomic E-state index is 0.0932. The molecule has 6 atom stereocenters. The van der Waals surface area contributed by atoms with Crippen molar-refractivity contribution < 1.29 is 9.59 Å². The van der Waals surface area contributed by atoms with Crippen LogP contribution in [-0.2, 0) is 9.59 Å². The average Bonchev–Trinajstić information content (AvgIpc) is 2.97. The van der Waals surface area contributed by atoms with Crippen molar-refractivity contribution in [1.82, 2.24) is 0 Å². The molecule has 24 heavy (non-hydrogen) atoms. The molecule has 0 aromatic carbocycles. The fraction of sp³-hybridized carbons (Fsp3) is 0.900. The molecule has 0 spiro atoms. The third-order valence-electron chi connectivity index (χ3n) is 9.21. The van der Waals surface area contributed by atoms with Gasteiger partial charge in [-0.1, -0.05) is 0 Å². The number of hydrogen-bond donors (Lipinski definition) is 0. The van der Waals surface area contributed by atoms with Gasteiger partial charge in [-0.2, -0.15) is 0 Å². The third-order valence-corrected chi connectivity index (χ3v) is 18.3. The second-order valence-corrected chi connectivity index (χ2v) is 17.3. The second kappa shape index (κ2) is 5.00. The molecule has 4 rings (SSSR count). The summed E-state index contributed by atoms with van der Waals surface area (Å²) in [5.74, 6) is 2.25. The number of fused-ring (bicyclic) bond motifs is 4. The van der Waals surface area contributed by atoms with Crippen LogP contribution in [0.3, 0.4) is 0 Å². The van der Waals surface area contributed by atoms with Gasteiger partial charge in [0.05, 0.1) is 0 Å². The summed E-state index contributed by atoms with van der Waals surface area (Å²) in [5.41, 5.74) is 0.140. The first-order valence-corrected chi connectivity index (χ1v) is 15.7. The summed E-state index contributed by atoms with van der Waals surface area (Å²) >= 11 is 0.697. The van der Waals surface area contributed by atoms with E-state index in [-0.39, 0.29) is 21.7 Å². The van der Waals surface area contributed by atoms with E-state index >= 15 is 0 Å². The number of ketones is 2. The second-order valence-electron chi connectivity index (χ2n) is 10.2. The molecule has 2 nitrogen and oxygen atoms in total. The number of Topliss-reactive ketones (excluding diaryl/α,β-unsaturated/α-hetero) is 2. The number of carbonyl (C=O) groups excluding carboxylic acids is 2. The summed E-state index contributed by atoms with van der Waals surface area (Å²) in [5, 5.41) is 0. The summed E-state index contributed by atoms with van der Waals surface area (Å²) < 4.78 is 0. The molecule has 0 aliphatic heterocycles. The molecule has 4 saturated carbocycles. The van der Waals surface area contributed by atoms with Crippen LogP contribution in [0.25, 0.3) is 0 Å². The van der Waals surface area contributed by atoms with E-state index in [4.69, 9.17) is 0 Å². The van der Waals surface area contributed by atoms with Gasteiger partial charge in [0.15, 0.2) is 0 Å². The zero-order chi connectivity index (χ0) is 17.7. The first kappa shape index (κ1) is 17.8. The molecule has 0 amide bonds. The fourth-order valence-corrected chi connectivity index (χ4v) is 18.3. The molecule has 0 N–H and O–H groups in total. The van der Waals surface area contributed by atoms with Crippen molar-refractivity contribution in [2.45, 2.75) is 76.9 Å². The normalized spacial score (nSPS) is 50.9. The van der Waals surface area contributed by atoms with Gasteiger partial charge in [0.2, 0.25) is 0 Å². The molecule has 4 aliphatic carbocycles. The Hall–Kier alpha value is 0.379. The van der Waals surface area contributed by atoms with Crippen molar-refractivity contribution in [3.63, 3.8) is 0 Å². The molecule has 0 aromatic heterocycles. The Morgan fingerprint density at radius 3 is 1.29 bits per heavy atom. The molecule has 0 saturated heterocycles. The van der Waals surface area contributed by atoms with Gasteiger partial charge in [0, 0.05) is 0 Å². The summed E-state index contributed by atoms with van der Waals surface area (Å²) in [6.45, 7) is 13.7. The molecular weight excluding hydrogens is 430 g/mol. The zero-order valence-electron chi connectivity index (χ0n) is 15.8. The third kappa shape index (κ3) is 1.80. The van der Waals surface area contributed by atoms with Crippen molar-refractivity contribution >= 4 is 37.8 Å². The molecule has 0 aromatic rings. The molecule has 134 valence electrons. The Morgan fingerprint density at radius 2 is 1.04 bits per heavy atom. The van der Waals surface area contributed by atoms with E-state index in [2.05, 4.69) is 41.5 Å². The van der Waals surface area contributed by atoms with Crippen LogP contribution >= 0.6 is 0 Å². The summed E-state index contributed by atoms with van der Waals surface area (Å²) in [7, 11) is 0. The van der Waals surface area contributed by atoms with Gasteiger partial charge in [-0.15, -0.1) is 0 Å². The van der Waals surface area contributed by atoms with Crippen LogP contribution in [0.4, 0.5) is 0 Å². The predicted molar refractivity (Wildman–Crippen MR) is 98.2 cm³/mol. The van der Waals surface area contributed by atoms with Crippen molar-refractivity contribution in [2.75, 3.05) is 0 Å². The molecular formula is C20H30O2Se2. The molecule has 4 aliphatic rings. The Balaban J connectivity index is 1.52. The minimum atomic E-state index is -0.0932. The predicted octanol–water partition coefficient (Wildman–Crippen LogP) is 3.94. The van der Waals surface area contributed by atoms with Crippen LogP contribution in [0.1, 0.15) is 67.2 Å². The van der Waals surface area contributed by atoms with Gasteiger partial charge in [-0.3, -0.25) is 0 Å². The van der Waals surface area contributed by atoms with Gasteiger partial charge < -0.3 is 0 Å². The van der Waals surface area contributed by atoms with Crippen molar-refractivity contribution in [3.05, 3.63) is 0 Å². The van der Waals surface area contributed by atoms with Gasteiger partial charge in [0.25, 0.3) is 0 Å². The first-order chi connectivity index (χ1) is 11.0. The Bertz CT molecular complexity index is 571. The quantitative estimate of drug-likeness (QED) is 0.599. The number of hydrogen-bond acceptors (Lipinski definition) is 2. The Kier molecular flexibility index (Phi) is 3.71. The van der Waals surface area contributed by atoms with Gasteiger partial charge in [-0.25, -0.2) is 0 Å². The van der Waals surface area contributed by atoms with Crippen LogP contribution in [0, 0.1) is 33.5 Å². The van der Waals surface area contributed by atoms with Gasteiger partial charge in [-0.05, 0) is 0 Å². The maximum absolute atomic E-state index is 13.1. The zero-order valence-corrected chi connectivity index (χ0v) is 19.2. The molecule has 4 bridgehead atoms. The SMILES string of the molecule is CC1(C)C2CC[C@@]1(C)C(=O)C2[Se][Se]C1C(=O)[C@]2(C)CCC1C2(C)C. The molecule has 4 unspecified atom stereocenters. The standard InChI is InChI=1S/C20H30O2Se2/c1-17(2)11-7-9-19(17,5)15(21)13(11)23-24-14-12-8-10-20(6,16(14)22)18(12,3)4/h11-14H,7-10H2,1-6H3/t11?,12?,13?,14?,19-,20-/m0/s1. The van der Waals surface area contributed by atoms with Crippen molar-refractivity contribution in [3.8, 4) is 0 Å². The summed E-state index contributed by atoms with van der Waals surface area (Å²) in [4.78, 5) is 26.8. The Morgan fingerprint density at radius 1 is 0.708 bits per heavy atom. The van der Waals surface area contributed by atoms with E-state index < -0.39 is 0 Å². The van der Waals surface area contributed by atoms with Crippen LogP contribution in [0.2, 0.25) is 9.63 Å². The van der Waals surface area contributed by atoms with E-state index in [9.17, 15) is 9.59 Å². The molecule has 0 radical (unpaired) electrons. The fourth-order valence-electron chi connectivity index (χ4n) is 6.35. The van der Waals surface area contributed by atoms with Crippen molar-refractivity contribution in [2.24, 2.45) is 33.5 Å². The maximum atomic E-state index is 13.1. The monoisotopic (exact) mass is 462 g/mol.